The van der Waals surface area contributed by atoms with Crippen molar-refractivity contribution in [2.45, 2.75) is 30.8 Å². The van der Waals surface area contributed by atoms with Crippen molar-refractivity contribution in [2.24, 2.45) is 0 Å². The van der Waals surface area contributed by atoms with E-state index in [4.69, 9.17) is 9.47 Å². The Morgan fingerprint density at radius 3 is 2.16 bits per heavy atom. The van der Waals surface area contributed by atoms with E-state index in [-0.39, 0.29) is 29.5 Å². The maximum absolute atomic E-state index is 14.5. The van der Waals surface area contributed by atoms with Crippen molar-refractivity contribution in [3.05, 3.63) is 119 Å². The van der Waals surface area contributed by atoms with Crippen LogP contribution in [0.4, 0.5) is 5.69 Å². The Kier molecular flexibility index (Phi) is 10.4. The molecule has 1 aliphatic rings. The third-order valence-electron chi connectivity index (χ3n) is 7.31. The van der Waals surface area contributed by atoms with E-state index >= 15 is 0 Å². The van der Waals surface area contributed by atoms with Crippen LogP contribution in [0, 0.1) is 0 Å². The van der Waals surface area contributed by atoms with Crippen LogP contribution in [0.25, 0.3) is 0 Å². The fraction of sp³-hybridized carbons (Fsp3) is 0.235. The van der Waals surface area contributed by atoms with Crippen molar-refractivity contribution in [3.63, 3.8) is 0 Å². The van der Waals surface area contributed by atoms with Crippen molar-refractivity contribution in [2.75, 3.05) is 30.6 Å². The van der Waals surface area contributed by atoms with E-state index in [9.17, 15) is 18.0 Å². The molecule has 0 fully saturated rings. The summed E-state index contributed by atoms with van der Waals surface area (Å²) in [4.78, 5) is 29.6. The molecule has 1 unspecified atom stereocenters. The van der Waals surface area contributed by atoms with Crippen molar-refractivity contribution in [1.82, 2.24) is 10.2 Å². The summed E-state index contributed by atoms with van der Waals surface area (Å²) in [6.45, 7) is 2.41. The summed E-state index contributed by atoms with van der Waals surface area (Å²) in [6.07, 6.45) is 0.240. The summed E-state index contributed by atoms with van der Waals surface area (Å²) in [5.41, 5.74) is 1.88. The molecule has 4 aromatic rings. The van der Waals surface area contributed by atoms with Gasteiger partial charge in [0, 0.05) is 30.0 Å². The molecule has 9 nitrogen and oxygen atoms in total. The number of benzene rings is 4. The summed E-state index contributed by atoms with van der Waals surface area (Å²) < 4.78 is 41.6. The van der Waals surface area contributed by atoms with E-state index in [0.717, 1.165) is 19.9 Å². The normalized spacial score (nSPS) is 13.0. The number of rotatable bonds is 12. The quantitative estimate of drug-likeness (QED) is 0.219. The van der Waals surface area contributed by atoms with E-state index < -0.39 is 28.5 Å². The van der Waals surface area contributed by atoms with E-state index in [1.54, 1.807) is 36.4 Å². The molecule has 2 amide bonds. The molecular weight excluding hydrogens is 658 g/mol. The zero-order valence-electron chi connectivity index (χ0n) is 24.8. The van der Waals surface area contributed by atoms with E-state index in [1.807, 2.05) is 61.5 Å². The maximum Gasteiger partial charge on any atom is 0.264 e. The molecule has 1 atom stereocenters. The monoisotopic (exact) mass is 691 g/mol. The first-order valence-electron chi connectivity index (χ1n) is 14.6. The highest BCUT2D eigenvalue weighted by molar-refractivity contribution is 9.10. The second-order valence-electron chi connectivity index (χ2n) is 10.4. The Bertz CT molecular complexity index is 1720. The van der Waals surface area contributed by atoms with E-state index in [1.165, 1.54) is 17.0 Å². The summed E-state index contributed by atoms with van der Waals surface area (Å²) in [5.74, 6) is 0.00276. The highest BCUT2D eigenvalue weighted by Gasteiger charge is 2.35. The molecule has 0 bridgehead atoms. The summed E-state index contributed by atoms with van der Waals surface area (Å²) in [6, 6.07) is 28.7. The van der Waals surface area contributed by atoms with Crippen LogP contribution in [0.3, 0.4) is 0 Å². The largest absolute Gasteiger partial charge is 0.486 e. The fourth-order valence-electron chi connectivity index (χ4n) is 5.07. The van der Waals surface area contributed by atoms with Crippen LogP contribution in [0.15, 0.2) is 112 Å². The minimum absolute atomic E-state index is 0.0247. The lowest BCUT2D eigenvalue weighted by molar-refractivity contribution is -0.140. The summed E-state index contributed by atoms with van der Waals surface area (Å²) in [5, 5.41) is 2.87. The van der Waals surface area contributed by atoms with Crippen molar-refractivity contribution in [3.8, 4) is 11.5 Å². The first-order valence-corrected chi connectivity index (χ1v) is 16.8. The molecule has 11 heteroatoms. The molecule has 0 saturated carbocycles. The molecule has 1 aliphatic heterocycles. The lowest BCUT2D eigenvalue weighted by atomic mass is 10.0. The number of likely N-dealkylation sites (N-methyl/N-ethyl adjacent to an activating group) is 1. The van der Waals surface area contributed by atoms with Gasteiger partial charge in [-0.1, -0.05) is 76.6 Å². The molecule has 0 saturated heterocycles. The number of sulfonamides is 1. The standard InChI is InChI=1S/C34H34BrN3O6S/c1-2-36-34(40)30(21-25-9-5-3-6-10-25)37(23-26-13-15-27(35)16-14-26)33(39)24-38(45(41,42)29-11-7-4-8-12-29)28-17-18-31-32(22-28)44-20-19-43-31/h3-18,22,30H,2,19-21,23-24H2,1H3,(H,36,40). The second-order valence-corrected chi connectivity index (χ2v) is 13.2. The average molecular weight is 693 g/mol. The Hall–Kier alpha value is -4.35. The van der Waals surface area contributed by atoms with Crippen LogP contribution < -0.4 is 19.1 Å². The molecule has 5 rings (SSSR count). The average Bonchev–Trinajstić information content (AvgIpc) is 3.06. The number of nitrogens with zero attached hydrogens (tertiary/aromatic N) is 2. The predicted octanol–water partition coefficient (Wildman–Crippen LogP) is 5.19. The SMILES string of the molecule is CCNC(=O)C(Cc1ccccc1)N(Cc1ccc(Br)cc1)C(=O)CN(c1ccc2c(c1)OCCO2)S(=O)(=O)c1ccccc1. The minimum Gasteiger partial charge on any atom is -0.486 e. The maximum atomic E-state index is 14.5. The van der Waals surface area contributed by atoms with Gasteiger partial charge >= 0.3 is 0 Å². The molecule has 0 aromatic heterocycles. The molecule has 4 aromatic carbocycles. The predicted molar refractivity (Wildman–Crippen MR) is 176 cm³/mol. The third-order valence-corrected chi connectivity index (χ3v) is 9.63. The molecule has 234 valence electrons. The number of anilines is 1. The molecule has 1 heterocycles. The molecule has 0 aliphatic carbocycles. The topological polar surface area (TPSA) is 105 Å². The van der Waals surface area contributed by atoms with Crippen molar-refractivity contribution < 1.29 is 27.5 Å². The number of hydrogen-bond donors (Lipinski definition) is 1. The van der Waals surface area contributed by atoms with Crippen LogP contribution in [0.2, 0.25) is 0 Å². The van der Waals surface area contributed by atoms with Gasteiger partial charge < -0.3 is 19.7 Å². The zero-order chi connectivity index (χ0) is 31.8. The number of carbonyl (C=O) groups is 2. The van der Waals surface area contributed by atoms with Gasteiger partial charge in [-0.05, 0) is 54.4 Å². The number of nitrogens with one attached hydrogen (secondary N) is 1. The smallest absolute Gasteiger partial charge is 0.264 e. The Labute approximate surface area is 271 Å². The lowest BCUT2D eigenvalue weighted by Gasteiger charge is -2.34. The van der Waals surface area contributed by atoms with Gasteiger partial charge in [-0.15, -0.1) is 0 Å². The van der Waals surface area contributed by atoms with Crippen LogP contribution in [0.5, 0.6) is 11.5 Å². The van der Waals surface area contributed by atoms with Gasteiger partial charge in [-0.25, -0.2) is 8.42 Å². The first kappa shape index (κ1) is 32.1. The minimum atomic E-state index is -4.22. The first-order chi connectivity index (χ1) is 21.8. The van der Waals surface area contributed by atoms with E-state index in [0.29, 0.717) is 31.3 Å². The number of hydrogen-bond acceptors (Lipinski definition) is 6. The number of amides is 2. The lowest BCUT2D eigenvalue weighted by Crippen LogP contribution is -2.53. The zero-order valence-corrected chi connectivity index (χ0v) is 27.2. The highest BCUT2D eigenvalue weighted by atomic mass is 79.9. The number of ether oxygens (including phenoxy) is 2. The van der Waals surface area contributed by atoms with Gasteiger partial charge in [0.15, 0.2) is 11.5 Å². The molecular formula is C34H34BrN3O6S. The van der Waals surface area contributed by atoms with Gasteiger partial charge in [-0.3, -0.25) is 13.9 Å². The number of fused-ring (bicyclic) bond motifs is 1. The Morgan fingerprint density at radius 2 is 1.49 bits per heavy atom. The molecule has 1 N–H and O–H groups in total. The molecule has 0 spiro atoms. The van der Waals surface area contributed by atoms with Crippen LogP contribution in [-0.4, -0.2) is 57.5 Å². The summed E-state index contributed by atoms with van der Waals surface area (Å²) >= 11 is 3.45. The Morgan fingerprint density at radius 1 is 0.844 bits per heavy atom. The van der Waals surface area contributed by atoms with Gasteiger partial charge in [0.2, 0.25) is 11.8 Å². The highest BCUT2D eigenvalue weighted by Crippen LogP contribution is 2.36. The van der Waals surface area contributed by atoms with Gasteiger partial charge in [0.25, 0.3) is 10.0 Å². The van der Waals surface area contributed by atoms with Crippen LogP contribution >= 0.6 is 15.9 Å². The summed E-state index contributed by atoms with van der Waals surface area (Å²) in [7, 11) is -4.22. The van der Waals surface area contributed by atoms with Crippen LogP contribution in [0.1, 0.15) is 18.1 Å². The second kappa shape index (κ2) is 14.6. The van der Waals surface area contributed by atoms with Gasteiger partial charge in [-0.2, -0.15) is 0 Å². The molecule has 45 heavy (non-hydrogen) atoms. The Balaban J connectivity index is 1.57. The van der Waals surface area contributed by atoms with Gasteiger partial charge in [0.05, 0.1) is 10.6 Å². The number of halogens is 1. The van der Waals surface area contributed by atoms with Crippen LogP contribution in [-0.2, 0) is 32.6 Å². The van der Waals surface area contributed by atoms with Crippen molar-refractivity contribution >= 4 is 43.5 Å². The third kappa shape index (κ3) is 7.84. The number of carbonyl (C=O) groups excluding carboxylic acids is 2. The molecule has 0 radical (unpaired) electrons. The fourth-order valence-corrected chi connectivity index (χ4v) is 6.76. The van der Waals surface area contributed by atoms with E-state index in [2.05, 4.69) is 21.2 Å². The van der Waals surface area contributed by atoms with Crippen molar-refractivity contribution in [1.29, 1.82) is 0 Å². The van der Waals surface area contributed by atoms with Gasteiger partial charge in [0.1, 0.15) is 25.8 Å².